The van der Waals surface area contributed by atoms with Gasteiger partial charge in [0, 0.05) is 29.6 Å². The molecule has 4 rings (SSSR count). The van der Waals surface area contributed by atoms with Gasteiger partial charge in [-0.25, -0.2) is 8.78 Å². The van der Waals surface area contributed by atoms with Crippen LogP contribution in [0.3, 0.4) is 0 Å². The fourth-order valence-corrected chi connectivity index (χ4v) is 5.37. The van der Waals surface area contributed by atoms with E-state index in [0.717, 1.165) is 36.0 Å². The Kier molecular flexibility index (Phi) is 14.0. The molecule has 0 radical (unpaired) electrons. The van der Waals surface area contributed by atoms with Crippen molar-refractivity contribution in [2.24, 2.45) is 16.8 Å². The lowest BCUT2D eigenvalue weighted by Crippen LogP contribution is -2.44. The molecular weight excluding hydrogens is 568 g/mol. The van der Waals surface area contributed by atoms with Crippen molar-refractivity contribution in [3.63, 3.8) is 0 Å². The van der Waals surface area contributed by atoms with Crippen molar-refractivity contribution in [2.75, 3.05) is 26.3 Å². The minimum Gasteiger partial charge on any atom is -0.493 e. The van der Waals surface area contributed by atoms with E-state index in [1.54, 1.807) is 0 Å². The lowest BCUT2D eigenvalue weighted by Gasteiger charge is -2.31. The van der Waals surface area contributed by atoms with Gasteiger partial charge in [-0.05, 0) is 86.4 Å². The Balaban J connectivity index is 0.000000248. The highest BCUT2D eigenvalue weighted by Crippen LogP contribution is 2.37. The van der Waals surface area contributed by atoms with Gasteiger partial charge < -0.3 is 20.1 Å². The number of amides is 1. The fraction of sp³-hybridized carbons (Fsp3) is 0.581. The second-order valence-electron chi connectivity index (χ2n) is 10.9. The third-order valence-corrected chi connectivity index (χ3v) is 8.40. The lowest BCUT2D eigenvalue weighted by molar-refractivity contribution is -0.140. The third kappa shape index (κ3) is 11.3. The topological polar surface area (TPSA) is 90.8 Å². The molecule has 0 bridgehead atoms. The Bertz CT molecular complexity index is 1060. The number of rotatable bonds is 11. The summed E-state index contributed by atoms with van der Waals surface area (Å²) in [5.74, 6) is -1.88. The Morgan fingerprint density at radius 3 is 2.37 bits per heavy atom. The molecule has 2 aromatic carbocycles. The Morgan fingerprint density at radius 2 is 1.73 bits per heavy atom. The average molecular weight is 612 g/mol. The van der Waals surface area contributed by atoms with Gasteiger partial charge in [0.2, 0.25) is 5.91 Å². The number of alkyl halides is 2. The largest absolute Gasteiger partial charge is 0.493 e. The molecule has 228 valence electrons. The van der Waals surface area contributed by atoms with Gasteiger partial charge in [-0.15, -0.1) is 0 Å². The number of ether oxygens (including phenoxy) is 2. The van der Waals surface area contributed by atoms with Crippen LogP contribution >= 0.6 is 23.5 Å². The summed E-state index contributed by atoms with van der Waals surface area (Å²) in [5.41, 5.74) is 5.52. The van der Waals surface area contributed by atoms with Crippen LogP contribution in [0.5, 0.6) is 11.5 Å². The van der Waals surface area contributed by atoms with E-state index in [1.165, 1.54) is 67.2 Å². The van der Waals surface area contributed by atoms with Crippen molar-refractivity contribution in [3.8, 4) is 11.5 Å². The summed E-state index contributed by atoms with van der Waals surface area (Å²) in [7, 11) is 0. The first-order valence-corrected chi connectivity index (χ1v) is 15.9. The van der Waals surface area contributed by atoms with E-state index in [2.05, 4.69) is 0 Å². The van der Waals surface area contributed by atoms with E-state index in [1.807, 2.05) is 31.2 Å². The van der Waals surface area contributed by atoms with E-state index in [-0.39, 0.29) is 22.4 Å². The number of benzene rings is 2. The van der Waals surface area contributed by atoms with Gasteiger partial charge in [0.1, 0.15) is 11.5 Å². The van der Waals surface area contributed by atoms with Gasteiger partial charge in [0.05, 0.1) is 24.7 Å². The normalized spacial score (nSPS) is 16.6. The minimum absolute atomic E-state index is 0.0450. The van der Waals surface area contributed by atoms with Crippen molar-refractivity contribution in [1.82, 2.24) is 4.90 Å². The Morgan fingerprint density at radius 1 is 1.05 bits per heavy atom. The molecule has 1 saturated heterocycles. The van der Waals surface area contributed by atoms with Crippen molar-refractivity contribution >= 4 is 29.5 Å². The smallest absolute Gasteiger partial charge is 0.282 e. The number of carbonyl (C=O) groups is 1. The number of halogens is 3. The van der Waals surface area contributed by atoms with E-state index in [9.17, 15) is 13.6 Å². The molecule has 1 aliphatic heterocycles. The standard InChI is InChI=1S/C18H25ClF2N2O2.C13H19NOS/c1-2-3-10-25-16-11-13(4-5-15(16)19)18(20,21)12-17(24)23-8-6-14(22)7-9-23;14-16-13-8-6-12(7-9-13)15-10-11-4-2-1-3-5-11/h4-5,11,14H,2-3,6-10,12,22H2,1H3;6-9,11H,1-5,10,14H2. The van der Waals surface area contributed by atoms with Gasteiger partial charge in [-0.3, -0.25) is 9.93 Å². The number of hydrogen-bond acceptors (Lipinski definition) is 6. The summed E-state index contributed by atoms with van der Waals surface area (Å²) >= 11 is 7.28. The van der Waals surface area contributed by atoms with Crippen molar-refractivity contribution in [2.45, 2.75) is 88.0 Å². The summed E-state index contributed by atoms with van der Waals surface area (Å²) in [6.07, 6.45) is 8.98. The first-order valence-electron chi connectivity index (χ1n) is 14.7. The summed E-state index contributed by atoms with van der Waals surface area (Å²) in [5, 5.41) is 5.75. The van der Waals surface area contributed by atoms with Gasteiger partial charge in [-0.2, -0.15) is 0 Å². The van der Waals surface area contributed by atoms with Crippen molar-refractivity contribution in [1.29, 1.82) is 0 Å². The van der Waals surface area contributed by atoms with Crippen LogP contribution in [0.4, 0.5) is 8.78 Å². The SMILES string of the molecule is CCCCOc1cc(C(F)(F)CC(=O)N2CCC(N)CC2)ccc1Cl.NSc1ccc(OCC2CCCCC2)cc1. The van der Waals surface area contributed by atoms with E-state index < -0.39 is 18.3 Å². The lowest BCUT2D eigenvalue weighted by atomic mass is 9.90. The van der Waals surface area contributed by atoms with E-state index in [4.69, 9.17) is 31.9 Å². The molecule has 1 amide bonds. The number of likely N-dealkylation sites (tertiary alicyclic amines) is 1. The minimum atomic E-state index is -3.27. The Labute approximate surface area is 252 Å². The molecule has 10 heteroatoms. The van der Waals surface area contributed by atoms with Crippen LogP contribution in [0.25, 0.3) is 0 Å². The third-order valence-electron chi connectivity index (χ3n) is 7.54. The molecule has 41 heavy (non-hydrogen) atoms. The molecule has 1 aliphatic carbocycles. The maximum absolute atomic E-state index is 14.6. The fourth-order valence-electron chi connectivity index (χ4n) is 4.90. The molecule has 2 aromatic rings. The van der Waals surface area contributed by atoms with Crippen LogP contribution in [0.1, 0.15) is 76.7 Å². The number of carbonyl (C=O) groups excluding carboxylic acids is 1. The van der Waals surface area contributed by atoms with Gasteiger partial charge >= 0.3 is 0 Å². The molecule has 2 fully saturated rings. The molecule has 0 aromatic heterocycles. The zero-order valence-corrected chi connectivity index (χ0v) is 25.5. The first kappa shape index (κ1) is 33.4. The maximum Gasteiger partial charge on any atom is 0.282 e. The maximum atomic E-state index is 14.6. The van der Waals surface area contributed by atoms with Crippen LogP contribution in [0.15, 0.2) is 47.4 Å². The van der Waals surface area contributed by atoms with Crippen LogP contribution in [-0.2, 0) is 10.7 Å². The van der Waals surface area contributed by atoms with Crippen LogP contribution in [-0.4, -0.2) is 43.2 Å². The summed E-state index contributed by atoms with van der Waals surface area (Å²) in [4.78, 5) is 14.7. The molecule has 1 saturated carbocycles. The number of piperidine rings is 1. The van der Waals surface area contributed by atoms with E-state index >= 15 is 0 Å². The number of nitrogens with two attached hydrogens (primary N) is 2. The molecule has 1 heterocycles. The predicted molar refractivity (Wildman–Crippen MR) is 163 cm³/mol. The highest BCUT2D eigenvalue weighted by atomic mass is 35.5. The van der Waals surface area contributed by atoms with Crippen LogP contribution in [0, 0.1) is 5.92 Å². The molecule has 4 N–H and O–H groups in total. The Hall–Kier alpha value is -2.07. The first-order chi connectivity index (χ1) is 19.7. The highest BCUT2D eigenvalue weighted by molar-refractivity contribution is 7.97. The molecule has 6 nitrogen and oxygen atoms in total. The van der Waals surface area contributed by atoms with Crippen LogP contribution in [0.2, 0.25) is 5.02 Å². The molecule has 0 atom stereocenters. The second-order valence-corrected chi connectivity index (χ2v) is 12.0. The van der Waals surface area contributed by atoms with E-state index in [0.29, 0.717) is 32.5 Å². The monoisotopic (exact) mass is 611 g/mol. The number of unbranched alkanes of at least 4 members (excludes halogenated alkanes) is 1. The van der Waals surface area contributed by atoms with Crippen molar-refractivity contribution < 1.29 is 23.0 Å². The molecule has 0 unspecified atom stereocenters. The van der Waals surface area contributed by atoms with Crippen LogP contribution < -0.4 is 20.3 Å². The summed E-state index contributed by atoms with van der Waals surface area (Å²) in [6, 6.07) is 11.9. The van der Waals surface area contributed by atoms with Gasteiger partial charge in [-0.1, -0.05) is 50.3 Å². The molecule has 0 spiro atoms. The zero-order chi connectivity index (χ0) is 29.7. The zero-order valence-electron chi connectivity index (χ0n) is 24.0. The van der Waals surface area contributed by atoms with Crippen molar-refractivity contribution in [3.05, 3.63) is 53.1 Å². The summed E-state index contributed by atoms with van der Waals surface area (Å²) in [6.45, 7) is 4.16. The predicted octanol–water partition coefficient (Wildman–Crippen LogP) is 7.56. The number of nitrogens with zero attached hydrogens (tertiary/aromatic N) is 1. The quantitative estimate of drug-likeness (QED) is 0.201. The average Bonchev–Trinajstić information content (AvgIpc) is 2.98. The summed E-state index contributed by atoms with van der Waals surface area (Å²) < 4.78 is 40.4. The molecule has 2 aliphatic rings. The number of hydrogen-bond donors (Lipinski definition) is 2. The second kappa shape index (κ2) is 17.1. The highest BCUT2D eigenvalue weighted by Gasteiger charge is 2.37. The van der Waals surface area contributed by atoms with Gasteiger partial charge in [0.15, 0.2) is 0 Å². The molecular formula is C31H44ClF2N3O3S. The van der Waals surface area contributed by atoms with Gasteiger partial charge in [0.25, 0.3) is 5.92 Å².